The summed E-state index contributed by atoms with van der Waals surface area (Å²) in [5.41, 5.74) is 9.11. The number of carboxylic acids is 2. The van der Waals surface area contributed by atoms with Gasteiger partial charge in [-0.15, -0.1) is 12.4 Å². The van der Waals surface area contributed by atoms with Gasteiger partial charge in [0, 0.05) is 46.6 Å². The molecule has 0 bridgehead atoms. The average molecular weight is 619 g/mol. The molecular formula is C33H35ClN4O6. The lowest BCUT2D eigenvalue weighted by molar-refractivity contribution is -0.138. The molecule has 4 rings (SSSR count). The minimum absolute atomic E-state index is 0. The van der Waals surface area contributed by atoms with Crippen LogP contribution in [0.1, 0.15) is 62.5 Å². The number of carboxylic acid groups (broad SMARTS) is 2. The van der Waals surface area contributed by atoms with Crippen LogP contribution in [0.25, 0.3) is 12.2 Å². The Hall–Kier alpha value is -4.96. The van der Waals surface area contributed by atoms with Gasteiger partial charge in [-0.25, -0.2) is 4.99 Å². The number of aromatic nitrogens is 1. The maximum Gasteiger partial charge on any atom is 0.303 e. The Bertz CT molecular complexity index is 1730. The van der Waals surface area contributed by atoms with Crippen molar-refractivity contribution in [1.29, 1.82) is 0 Å². The van der Waals surface area contributed by atoms with Crippen LogP contribution < -0.4 is 10.6 Å². The highest BCUT2D eigenvalue weighted by molar-refractivity contribution is 6.14. The van der Waals surface area contributed by atoms with Crippen molar-refractivity contribution >= 4 is 54.0 Å². The molecule has 0 unspecified atom stereocenters. The van der Waals surface area contributed by atoms with Crippen molar-refractivity contribution in [2.24, 2.45) is 4.99 Å². The SMILES string of the molecule is C=CC1=C(C)/C(=C/C2=NC(=C\c3[nH]c(/C=C4\NC(=O)C(C)=C4C=C)c(C)c3CCC(=O)O)/C(CCC(=O)O)=C2C)NC1=O.Cl. The van der Waals surface area contributed by atoms with E-state index in [-0.39, 0.29) is 49.9 Å². The van der Waals surface area contributed by atoms with E-state index in [4.69, 9.17) is 4.99 Å². The third-order valence-corrected chi connectivity index (χ3v) is 7.86. The number of allylic oxidation sites excluding steroid dienone is 5. The first-order valence-electron chi connectivity index (χ1n) is 13.8. The van der Waals surface area contributed by atoms with E-state index >= 15 is 0 Å². The average Bonchev–Trinajstić information content (AvgIpc) is 3.59. The number of hydrogen-bond donors (Lipinski definition) is 5. The summed E-state index contributed by atoms with van der Waals surface area (Å²) in [4.78, 5) is 55.8. The van der Waals surface area contributed by atoms with Gasteiger partial charge in [0.05, 0.1) is 17.1 Å². The van der Waals surface area contributed by atoms with Crippen LogP contribution in [0.15, 0.2) is 86.9 Å². The van der Waals surface area contributed by atoms with E-state index in [1.165, 1.54) is 6.08 Å². The van der Waals surface area contributed by atoms with Crippen LogP contribution in [0, 0.1) is 6.92 Å². The molecule has 4 heterocycles. The zero-order valence-corrected chi connectivity index (χ0v) is 25.8. The highest BCUT2D eigenvalue weighted by Crippen LogP contribution is 2.34. The fourth-order valence-corrected chi connectivity index (χ4v) is 5.33. The van der Waals surface area contributed by atoms with Crippen molar-refractivity contribution in [2.75, 3.05) is 0 Å². The summed E-state index contributed by atoms with van der Waals surface area (Å²) in [6.07, 6.45) is 8.72. The van der Waals surface area contributed by atoms with Crippen LogP contribution in [-0.4, -0.2) is 44.7 Å². The predicted molar refractivity (Wildman–Crippen MR) is 172 cm³/mol. The summed E-state index contributed by atoms with van der Waals surface area (Å²) in [6.45, 7) is 14.8. The zero-order chi connectivity index (χ0) is 31.6. The molecule has 3 aliphatic rings. The molecule has 1 aromatic rings. The van der Waals surface area contributed by atoms with Gasteiger partial charge < -0.3 is 25.8 Å². The maximum absolute atomic E-state index is 12.3. The summed E-state index contributed by atoms with van der Waals surface area (Å²) in [5.74, 6) is -2.36. The van der Waals surface area contributed by atoms with Gasteiger partial charge >= 0.3 is 11.9 Å². The van der Waals surface area contributed by atoms with Crippen LogP contribution >= 0.6 is 12.4 Å². The van der Waals surface area contributed by atoms with Gasteiger partial charge in [0.15, 0.2) is 0 Å². The molecule has 5 N–H and O–H groups in total. The lowest BCUT2D eigenvalue weighted by atomic mass is 9.98. The molecule has 230 valence electrons. The third-order valence-electron chi connectivity index (χ3n) is 7.86. The normalized spacial score (nSPS) is 19.2. The number of amides is 2. The molecule has 11 heteroatoms. The molecule has 0 fully saturated rings. The van der Waals surface area contributed by atoms with Gasteiger partial charge in [0.1, 0.15) is 0 Å². The number of H-pyrrole nitrogens is 1. The lowest BCUT2D eigenvalue weighted by Crippen LogP contribution is -2.16. The van der Waals surface area contributed by atoms with E-state index in [2.05, 4.69) is 28.8 Å². The Labute approximate surface area is 261 Å². The quantitative estimate of drug-likeness (QED) is 0.228. The molecule has 0 aromatic carbocycles. The summed E-state index contributed by atoms with van der Waals surface area (Å²) in [7, 11) is 0. The minimum Gasteiger partial charge on any atom is -0.481 e. The van der Waals surface area contributed by atoms with Crippen molar-refractivity contribution < 1.29 is 29.4 Å². The third kappa shape index (κ3) is 6.65. The summed E-state index contributed by atoms with van der Waals surface area (Å²) >= 11 is 0. The molecule has 0 radical (unpaired) electrons. The Morgan fingerprint density at radius 2 is 1.39 bits per heavy atom. The molecule has 0 saturated heterocycles. The molecule has 3 aliphatic heterocycles. The first kappa shape index (κ1) is 33.5. The monoisotopic (exact) mass is 618 g/mol. The van der Waals surface area contributed by atoms with Crippen LogP contribution in [0.3, 0.4) is 0 Å². The molecule has 0 spiro atoms. The van der Waals surface area contributed by atoms with Crippen LogP contribution in [0.2, 0.25) is 0 Å². The molecule has 0 atom stereocenters. The second-order valence-corrected chi connectivity index (χ2v) is 10.5. The number of aliphatic carboxylic acids is 2. The molecule has 44 heavy (non-hydrogen) atoms. The second-order valence-electron chi connectivity index (χ2n) is 10.5. The predicted octanol–water partition coefficient (Wildman–Crippen LogP) is 5.23. The van der Waals surface area contributed by atoms with Crippen molar-refractivity contribution in [1.82, 2.24) is 15.6 Å². The van der Waals surface area contributed by atoms with Crippen molar-refractivity contribution in [3.63, 3.8) is 0 Å². The van der Waals surface area contributed by atoms with Gasteiger partial charge in [-0.1, -0.05) is 25.3 Å². The molecule has 10 nitrogen and oxygen atoms in total. The second kappa shape index (κ2) is 13.6. The number of carbonyl (C=O) groups excluding carboxylic acids is 2. The Kier molecular flexibility index (Phi) is 10.3. The number of nitrogens with one attached hydrogen (secondary N) is 3. The summed E-state index contributed by atoms with van der Waals surface area (Å²) in [6, 6.07) is 0. The summed E-state index contributed by atoms with van der Waals surface area (Å²) in [5, 5.41) is 24.5. The van der Waals surface area contributed by atoms with Gasteiger partial charge in [-0.05, 0) is 86.6 Å². The van der Waals surface area contributed by atoms with Crippen LogP contribution in [-0.2, 0) is 25.6 Å². The number of rotatable bonds is 11. The number of hydrogen-bond acceptors (Lipinski definition) is 5. The molecule has 2 amide bonds. The number of carbonyl (C=O) groups is 4. The Balaban J connectivity index is 0.00000529. The smallest absolute Gasteiger partial charge is 0.303 e. The molecule has 0 saturated carbocycles. The van der Waals surface area contributed by atoms with Crippen LogP contribution in [0.5, 0.6) is 0 Å². The van der Waals surface area contributed by atoms with Crippen molar-refractivity contribution in [3.8, 4) is 0 Å². The van der Waals surface area contributed by atoms with E-state index < -0.39 is 11.9 Å². The fourth-order valence-electron chi connectivity index (χ4n) is 5.33. The summed E-state index contributed by atoms with van der Waals surface area (Å²) < 4.78 is 0. The van der Waals surface area contributed by atoms with Gasteiger partial charge in [0.2, 0.25) is 0 Å². The highest BCUT2D eigenvalue weighted by atomic mass is 35.5. The van der Waals surface area contributed by atoms with E-state index in [0.29, 0.717) is 50.9 Å². The maximum atomic E-state index is 12.3. The van der Waals surface area contributed by atoms with Gasteiger partial charge in [0.25, 0.3) is 11.8 Å². The number of aliphatic imine (C=N–C) groups is 1. The molecule has 1 aromatic heterocycles. The topological polar surface area (TPSA) is 161 Å². The Morgan fingerprint density at radius 3 is 1.98 bits per heavy atom. The Morgan fingerprint density at radius 1 is 0.773 bits per heavy atom. The van der Waals surface area contributed by atoms with Gasteiger partial charge in [-0.3, -0.25) is 19.2 Å². The van der Waals surface area contributed by atoms with E-state index in [0.717, 1.165) is 27.8 Å². The first-order valence-corrected chi connectivity index (χ1v) is 13.8. The minimum atomic E-state index is -0.948. The van der Waals surface area contributed by atoms with E-state index in [1.54, 1.807) is 31.2 Å². The van der Waals surface area contributed by atoms with Crippen molar-refractivity contribution in [2.45, 2.75) is 53.4 Å². The first-order chi connectivity index (χ1) is 20.4. The van der Waals surface area contributed by atoms with Crippen molar-refractivity contribution in [3.05, 3.63) is 104 Å². The van der Waals surface area contributed by atoms with Gasteiger partial charge in [-0.2, -0.15) is 0 Å². The van der Waals surface area contributed by atoms with E-state index in [9.17, 15) is 29.4 Å². The number of nitrogens with zero attached hydrogens (tertiary/aromatic N) is 1. The van der Waals surface area contributed by atoms with E-state index in [1.807, 2.05) is 20.8 Å². The largest absolute Gasteiger partial charge is 0.481 e. The highest BCUT2D eigenvalue weighted by Gasteiger charge is 2.27. The van der Waals surface area contributed by atoms with Crippen LogP contribution in [0.4, 0.5) is 0 Å². The standard InChI is InChI=1S/C33H34N4O6.ClH/c1-7-20-19(6)32(42)37-27(20)14-25-18(5)23(10-12-31(40)41)29(35-25)15-28-22(9-11-30(38)39)17(4)24(34-28)13-26-16(3)21(8-2)33(43)36-26;/h7-8,13-15,35H,1-2,9-12H2,3-6H3,(H,36,43)(H,37,42)(H,38,39)(H,40,41);1H/b26-13-,27-14-,28-15-;. The fraction of sp³-hybridized carbons (Fsp3) is 0.242. The number of halogens is 1. The molecule has 0 aliphatic carbocycles. The zero-order valence-electron chi connectivity index (χ0n) is 25.0. The number of aromatic amines is 1. The lowest BCUT2D eigenvalue weighted by Gasteiger charge is -2.06. The molecular weight excluding hydrogens is 584 g/mol.